The van der Waals surface area contributed by atoms with Gasteiger partial charge in [0.25, 0.3) is 0 Å². The molecule has 0 bridgehead atoms. The fraction of sp³-hybridized carbons (Fsp3) is 0.333. The highest BCUT2D eigenvalue weighted by atomic mass is 32.2. The van der Waals surface area contributed by atoms with Crippen molar-refractivity contribution in [2.75, 3.05) is 6.61 Å². The van der Waals surface area contributed by atoms with E-state index >= 15 is 0 Å². The second-order valence-corrected chi connectivity index (χ2v) is 4.46. The molecule has 0 amide bonds. The van der Waals surface area contributed by atoms with Crippen molar-refractivity contribution in [3.63, 3.8) is 0 Å². The molecule has 0 heterocycles. The zero-order valence-electron chi connectivity index (χ0n) is 8.15. The van der Waals surface area contributed by atoms with Gasteiger partial charge in [0.1, 0.15) is 10.6 Å². The minimum absolute atomic E-state index is 0.0324. The Morgan fingerprint density at radius 2 is 2.07 bits per heavy atom. The number of nitrogens with two attached hydrogens (primary N) is 1. The molecule has 0 saturated heterocycles. The van der Waals surface area contributed by atoms with Crippen molar-refractivity contribution < 1.29 is 13.2 Å². The van der Waals surface area contributed by atoms with Gasteiger partial charge >= 0.3 is 0 Å². The van der Waals surface area contributed by atoms with Gasteiger partial charge in [0.05, 0.1) is 6.61 Å². The van der Waals surface area contributed by atoms with Crippen molar-refractivity contribution in [2.24, 2.45) is 5.14 Å². The summed E-state index contributed by atoms with van der Waals surface area (Å²) < 4.78 is 27.5. The Kier molecular flexibility index (Phi) is 3.13. The molecule has 0 spiro atoms. The molecule has 0 aliphatic rings. The molecule has 78 valence electrons. The summed E-state index contributed by atoms with van der Waals surface area (Å²) in [7, 11) is -3.70. The summed E-state index contributed by atoms with van der Waals surface area (Å²) in [5.41, 5.74) is 0.931. The van der Waals surface area contributed by atoms with E-state index in [1.54, 1.807) is 19.1 Å². The van der Waals surface area contributed by atoms with Crippen LogP contribution in [-0.4, -0.2) is 15.0 Å². The third kappa shape index (κ3) is 2.46. The topological polar surface area (TPSA) is 69.4 Å². The molecular formula is C9H13NO3S. The van der Waals surface area contributed by atoms with Gasteiger partial charge in [0.15, 0.2) is 0 Å². The van der Waals surface area contributed by atoms with Crippen LogP contribution in [0.15, 0.2) is 23.1 Å². The fourth-order valence-electron chi connectivity index (χ4n) is 1.12. The number of ether oxygens (including phenoxy) is 1. The van der Waals surface area contributed by atoms with Crippen LogP contribution in [0.2, 0.25) is 0 Å². The van der Waals surface area contributed by atoms with Crippen molar-refractivity contribution in [1.29, 1.82) is 0 Å². The van der Waals surface area contributed by atoms with Crippen LogP contribution in [-0.2, 0) is 10.0 Å². The molecule has 0 aromatic heterocycles. The Morgan fingerprint density at radius 3 is 2.57 bits per heavy atom. The highest BCUT2D eigenvalue weighted by Gasteiger charge is 2.14. The Balaban J connectivity index is 3.29. The van der Waals surface area contributed by atoms with Gasteiger partial charge in [0, 0.05) is 0 Å². The van der Waals surface area contributed by atoms with E-state index < -0.39 is 10.0 Å². The van der Waals surface area contributed by atoms with E-state index in [-0.39, 0.29) is 4.90 Å². The first-order valence-electron chi connectivity index (χ1n) is 4.21. The number of sulfonamides is 1. The maximum Gasteiger partial charge on any atom is 0.241 e. The SMILES string of the molecule is CCOc1cc(C)ccc1S(N)(=O)=O. The number of benzene rings is 1. The predicted molar refractivity (Wildman–Crippen MR) is 53.7 cm³/mol. The summed E-state index contributed by atoms with van der Waals surface area (Å²) in [5.74, 6) is 0.315. The standard InChI is InChI=1S/C9H13NO3S/c1-3-13-8-6-7(2)4-5-9(8)14(10,11)12/h4-6H,3H2,1-2H3,(H2,10,11,12). The third-order valence-corrected chi connectivity index (χ3v) is 2.66. The Labute approximate surface area is 83.7 Å². The van der Waals surface area contributed by atoms with Crippen LogP contribution in [0.3, 0.4) is 0 Å². The lowest BCUT2D eigenvalue weighted by atomic mass is 10.2. The van der Waals surface area contributed by atoms with Gasteiger partial charge in [-0.05, 0) is 31.5 Å². The monoisotopic (exact) mass is 215 g/mol. The van der Waals surface area contributed by atoms with E-state index in [1.807, 2.05) is 6.92 Å². The van der Waals surface area contributed by atoms with Crippen molar-refractivity contribution in [1.82, 2.24) is 0 Å². The van der Waals surface area contributed by atoms with Crippen molar-refractivity contribution in [3.8, 4) is 5.75 Å². The predicted octanol–water partition coefficient (Wildman–Crippen LogP) is 1.04. The van der Waals surface area contributed by atoms with Crippen LogP contribution < -0.4 is 9.88 Å². The lowest BCUT2D eigenvalue weighted by Crippen LogP contribution is -2.14. The minimum atomic E-state index is -3.70. The second kappa shape index (κ2) is 3.98. The molecule has 0 fully saturated rings. The van der Waals surface area contributed by atoms with Gasteiger partial charge in [-0.15, -0.1) is 0 Å². The summed E-state index contributed by atoms with van der Waals surface area (Å²) in [6.45, 7) is 4.05. The Hall–Kier alpha value is -1.07. The summed E-state index contributed by atoms with van der Waals surface area (Å²) in [6.07, 6.45) is 0. The summed E-state index contributed by atoms with van der Waals surface area (Å²) in [4.78, 5) is 0.0324. The molecule has 2 N–H and O–H groups in total. The van der Waals surface area contributed by atoms with E-state index in [9.17, 15) is 8.42 Å². The van der Waals surface area contributed by atoms with Gasteiger partial charge in [-0.25, -0.2) is 13.6 Å². The number of hydrogen-bond acceptors (Lipinski definition) is 3. The smallest absolute Gasteiger partial charge is 0.241 e. The quantitative estimate of drug-likeness (QED) is 0.819. The molecule has 1 aromatic carbocycles. The summed E-state index contributed by atoms with van der Waals surface area (Å²) >= 11 is 0. The molecule has 0 radical (unpaired) electrons. The zero-order valence-corrected chi connectivity index (χ0v) is 8.97. The minimum Gasteiger partial charge on any atom is -0.492 e. The Morgan fingerprint density at radius 1 is 1.43 bits per heavy atom. The van der Waals surface area contributed by atoms with Gasteiger partial charge < -0.3 is 4.74 Å². The van der Waals surface area contributed by atoms with Gasteiger partial charge in [-0.2, -0.15) is 0 Å². The molecule has 0 saturated carbocycles. The summed E-state index contributed by atoms with van der Waals surface area (Å²) in [6, 6.07) is 4.79. The largest absolute Gasteiger partial charge is 0.492 e. The lowest BCUT2D eigenvalue weighted by Gasteiger charge is -2.08. The summed E-state index contributed by atoms with van der Waals surface area (Å²) in [5, 5.41) is 5.03. The van der Waals surface area contributed by atoms with Crippen LogP contribution in [0.25, 0.3) is 0 Å². The molecule has 1 aromatic rings. The van der Waals surface area contributed by atoms with Crippen LogP contribution in [0.5, 0.6) is 5.75 Å². The molecule has 0 aliphatic heterocycles. The van der Waals surface area contributed by atoms with Crippen molar-refractivity contribution in [2.45, 2.75) is 18.7 Å². The molecule has 0 unspecified atom stereocenters. The fourth-order valence-corrected chi connectivity index (χ4v) is 1.77. The van der Waals surface area contributed by atoms with Crippen LogP contribution >= 0.6 is 0 Å². The Bertz CT molecular complexity index is 426. The van der Waals surface area contributed by atoms with Gasteiger partial charge in [0.2, 0.25) is 10.0 Å². The first-order valence-corrected chi connectivity index (χ1v) is 5.76. The maximum absolute atomic E-state index is 11.1. The number of aryl methyl sites for hydroxylation is 1. The first-order chi connectivity index (χ1) is 6.45. The van der Waals surface area contributed by atoms with Crippen LogP contribution in [0.4, 0.5) is 0 Å². The molecule has 0 atom stereocenters. The van der Waals surface area contributed by atoms with Gasteiger partial charge in [-0.1, -0.05) is 6.07 Å². The third-order valence-electron chi connectivity index (χ3n) is 1.71. The van der Waals surface area contributed by atoms with Crippen LogP contribution in [0, 0.1) is 6.92 Å². The highest BCUT2D eigenvalue weighted by Crippen LogP contribution is 2.23. The zero-order chi connectivity index (χ0) is 10.8. The molecule has 5 heteroatoms. The van der Waals surface area contributed by atoms with E-state index in [1.165, 1.54) is 6.07 Å². The second-order valence-electron chi connectivity index (χ2n) is 2.93. The first kappa shape index (κ1) is 11.0. The van der Waals surface area contributed by atoms with Crippen molar-refractivity contribution in [3.05, 3.63) is 23.8 Å². The van der Waals surface area contributed by atoms with E-state index in [0.29, 0.717) is 12.4 Å². The van der Waals surface area contributed by atoms with Crippen LogP contribution in [0.1, 0.15) is 12.5 Å². The van der Waals surface area contributed by atoms with E-state index in [4.69, 9.17) is 9.88 Å². The highest BCUT2D eigenvalue weighted by molar-refractivity contribution is 7.89. The number of rotatable bonds is 3. The molecule has 4 nitrogen and oxygen atoms in total. The maximum atomic E-state index is 11.1. The average Bonchev–Trinajstić information content (AvgIpc) is 2.02. The molecule has 1 rings (SSSR count). The lowest BCUT2D eigenvalue weighted by molar-refractivity contribution is 0.331. The molecule has 14 heavy (non-hydrogen) atoms. The number of primary sulfonamides is 1. The molecule has 0 aliphatic carbocycles. The van der Waals surface area contributed by atoms with Crippen molar-refractivity contribution >= 4 is 10.0 Å². The molecular weight excluding hydrogens is 202 g/mol. The average molecular weight is 215 g/mol. The van der Waals surface area contributed by atoms with Gasteiger partial charge in [-0.3, -0.25) is 0 Å². The van der Waals surface area contributed by atoms with E-state index in [2.05, 4.69) is 0 Å². The number of hydrogen-bond donors (Lipinski definition) is 1. The normalized spacial score (nSPS) is 11.4. The van der Waals surface area contributed by atoms with E-state index in [0.717, 1.165) is 5.56 Å².